The topological polar surface area (TPSA) is 69.7 Å². The molecule has 0 radical (unpaired) electrons. The molecule has 6 heteroatoms. The molecule has 0 aliphatic heterocycles. The van der Waals surface area contributed by atoms with Crippen LogP contribution in [0.4, 0.5) is 5.69 Å². The molecule has 0 saturated carbocycles. The first kappa shape index (κ1) is 10.8. The van der Waals surface area contributed by atoms with Crippen molar-refractivity contribution in [1.82, 2.24) is 0 Å². The minimum absolute atomic E-state index is 0.519. The summed E-state index contributed by atoms with van der Waals surface area (Å²) in [6.07, 6.45) is 0.705. The van der Waals surface area contributed by atoms with Gasteiger partial charge >= 0.3 is 0 Å². The molecule has 0 aliphatic rings. The van der Waals surface area contributed by atoms with Crippen LogP contribution in [-0.4, -0.2) is 22.1 Å². The Morgan fingerprint density at radius 2 is 2.00 bits per heavy atom. The predicted octanol–water partition coefficient (Wildman–Crippen LogP) is 0.661. The molecule has 0 bridgehead atoms. The molecule has 0 heterocycles. The molecule has 5 nitrogen and oxygen atoms in total. The van der Waals surface area contributed by atoms with Crippen LogP contribution in [-0.2, 0) is 15.6 Å². The lowest BCUT2D eigenvalue weighted by atomic mass is 10.2. The molecule has 0 N–H and O–H groups in total. The molecule has 1 aromatic carbocycles. The number of nitrogens with zero attached hydrogens (tertiary/aromatic N) is 1. The lowest BCUT2D eigenvalue weighted by Gasteiger charge is -2.18. The van der Waals surface area contributed by atoms with Crippen LogP contribution in [0.3, 0.4) is 0 Å². The van der Waals surface area contributed by atoms with E-state index in [4.69, 9.17) is 0 Å². The molecule has 1 rings (SSSR count). The molecule has 1 aromatic rings. The van der Waals surface area contributed by atoms with Gasteiger partial charge in [-0.15, -0.1) is 0 Å². The normalized spacial score (nSPS) is 12.1. The smallest absolute Gasteiger partial charge is 0.150 e. The summed E-state index contributed by atoms with van der Waals surface area (Å²) in [6, 6.07) is 6.29. The summed E-state index contributed by atoms with van der Waals surface area (Å²) in [5, 5.41) is 1.08. The zero-order chi connectivity index (χ0) is 10.6. The third-order valence-electron chi connectivity index (χ3n) is 1.57. The van der Waals surface area contributed by atoms with E-state index in [0.717, 1.165) is 5.06 Å². The molecule has 0 aliphatic carbocycles. The Bertz CT molecular complexity index is 338. The van der Waals surface area contributed by atoms with E-state index < -0.39 is 11.4 Å². The molecule has 1 atom stereocenters. The van der Waals surface area contributed by atoms with E-state index >= 15 is 0 Å². The van der Waals surface area contributed by atoms with Crippen LogP contribution in [0, 0.1) is 0 Å². The number of rotatable bonds is 4. The van der Waals surface area contributed by atoms with Crippen LogP contribution in [0.2, 0.25) is 0 Å². The maximum Gasteiger partial charge on any atom is 0.150 e. The van der Waals surface area contributed by atoms with E-state index in [1.165, 1.54) is 7.05 Å². The fourth-order valence-corrected chi connectivity index (χ4v) is 1.17. The van der Waals surface area contributed by atoms with E-state index in [2.05, 4.69) is 4.28 Å². The largest absolute Gasteiger partial charge is 0.748 e. The fourth-order valence-electron chi connectivity index (χ4n) is 0.897. The zero-order valence-electron chi connectivity index (χ0n) is 7.38. The lowest BCUT2D eigenvalue weighted by Crippen LogP contribution is -2.18. The van der Waals surface area contributed by atoms with Crippen molar-refractivity contribution >= 4 is 23.3 Å². The van der Waals surface area contributed by atoms with Crippen LogP contribution < -0.4 is 5.06 Å². The first-order chi connectivity index (χ1) is 6.63. The number of anilines is 1. The number of carbonyl (C=O) groups excluding carboxylic acids is 1. The van der Waals surface area contributed by atoms with E-state index in [0.29, 0.717) is 17.5 Å². The second kappa shape index (κ2) is 4.85. The SMILES string of the molecule is CN(OS(=O)[O-])c1ccc(C=O)cc1. The first-order valence-electron chi connectivity index (χ1n) is 3.70. The Morgan fingerprint density at radius 3 is 2.43 bits per heavy atom. The van der Waals surface area contributed by atoms with Gasteiger partial charge in [0.05, 0.1) is 5.69 Å². The number of benzene rings is 1. The van der Waals surface area contributed by atoms with E-state index in [1.807, 2.05) is 0 Å². The Labute approximate surface area is 83.7 Å². The van der Waals surface area contributed by atoms with Gasteiger partial charge in [0.15, 0.2) is 0 Å². The first-order valence-corrected chi connectivity index (χ1v) is 4.70. The molecule has 0 spiro atoms. The molecule has 76 valence electrons. The van der Waals surface area contributed by atoms with Crippen molar-refractivity contribution in [2.45, 2.75) is 0 Å². The van der Waals surface area contributed by atoms with Gasteiger partial charge in [-0.05, 0) is 24.3 Å². The minimum atomic E-state index is -2.60. The summed E-state index contributed by atoms with van der Waals surface area (Å²) in [7, 11) is 1.45. The Kier molecular flexibility index (Phi) is 3.75. The summed E-state index contributed by atoms with van der Waals surface area (Å²) in [5.74, 6) is 0. The molecule has 1 unspecified atom stereocenters. The maximum absolute atomic E-state index is 10.3. The van der Waals surface area contributed by atoms with Crippen LogP contribution >= 0.6 is 0 Å². The molecule has 0 saturated heterocycles. The summed E-state index contributed by atoms with van der Waals surface area (Å²) >= 11 is -2.60. The number of hydrogen-bond acceptors (Lipinski definition) is 5. The summed E-state index contributed by atoms with van der Waals surface area (Å²) in [5.41, 5.74) is 1.06. The lowest BCUT2D eigenvalue weighted by molar-refractivity contribution is 0.112. The van der Waals surface area contributed by atoms with Crippen LogP contribution in [0.15, 0.2) is 24.3 Å². The average molecular weight is 214 g/mol. The third kappa shape index (κ3) is 2.91. The molecule has 0 amide bonds. The van der Waals surface area contributed by atoms with Crippen molar-refractivity contribution in [1.29, 1.82) is 0 Å². The second-order valence-corrected chi connectivity index (χ2v) is 3.04. The van der Waals surface area contributed by atoms with Gasteiger partial charge in [0.1, 0.15) is 17.6 Å². The Morgan fingerprint density at radius 1 is 1.43 bits per heavy atom. The van der Waals surface area contributed by atoms with Crippen molar-refractivity contribution in [3.05, 3.63) is 29.8 Å². The van der Waals surface area contributed by atoms with Crippen LogP contribution in [0.1, 0.15) is 10.4 Å². The summed E-state index contributed by atoms with van der Waals surface area (Å²) in [6.45, 7) is 0. The second-order valence-electron chi connectivity index (χ2n) is 2.49. The highest BCUT2D eigenvalue weighted by Crippen LogP contribution is 2.13. The molecule has 0 fully saturated rings. The van der Waals surface area contributed by atoms with Gasteiger partial charge in [0.2, 0.25) is 0 Å². The molecular formula is C8H8NO4S-. The van der Waals surface area contributed by atoms with Gasteiger partial charge in [0, 0.05) is 12.6 Å². The van der Waals surface area contributed by atoms with E-state index in [1.54, 1.807) is 24.3 Å². The van der Waals surface area contributed by atoms with Gasteiger partial charge in [-0.2, -0.15) is 4.28 Å². The maximum atomic E-state index is 10.3. The van der Waals surface area contributed by atoms with Gasteiger partial charge in [-0.1, -0.05) is 0 Å². The van der Waals surface area contributed by atoms with Crippen LogP contribution in [0.5, 0.6) is 0 Å². The number of hydrogen-bond donors (Lipinski definition) is 0. The van der Waals surface area contributed by atoms with Crippen molar-refractivity contribution in [3.63, 3.8) is 0 Å². The quantitative estimate of drug-likeness (QED) is 0.418. The molecule has 0 aromatic heterocycles. The van der Waals surface area contributed by atoms with Gasteiger partial charge in [0.25, 0.3) is 0 Å². The van der Waals surface area contributed by atoms with Crippen LogP contribution in [0.25, 0.3) is 0 Å². The number of aldehydes is 1. The Balaban J connectivity index is 2.75. The van der Waals surface area contributed by atoms with Gasteiger partial charge in [-0.25, -0.2) is 9.27 Å². The standard InChI is InChI=1S/C8H9NO4S/c1-9(13-14(11)12)8-4-2-7(6-10)3-5-8/h2-6H,1H3,(H,11,12)/p-1. The molecule has 14 heavy (non-hydrogen) atoms. The predicted molar refractivity (Wildman–Crippen MR) is 50.2 cm³/mol. The van der Waals surface area contributed by atoms with Crippen molar-refractivity contribution < 1.29 is 17.8 Å². The van der Waals surface area contributed by atoms with Crippen molar-refractivity contribution in [2.24, 2.45) is 0 Å². The van der Waals surface area contributed by atoms with Crippen molar-refractivity contribution in [3.8, 4) is 0 Å². The fraction of sp³-hybridized carbons (Fsp3) is 0.125. The Hall–Kier alpha value is -1.24. The number of hydroxylamine groups is 1. The minimum Gasteiger partial charge on any atom is -0.748 e. The highest BCUT2D eigenvalue weighted by Gasteiger charge is 2.00. The summed E-state index contributed by atoms with van der Waals surface area (Å²) < 4.78 is 24.7. The summed E-state index contributed by atoms with van der Waals surface area (Å²) in [4.78, 5) is 10.3. The van der Waals surface area contributed by atoms with E-state index in [-0.39, 0.29) is 0 Å². The van der Waals surface area contributed by atoms with Crippen molar-refractivity contribution in [2.75, 3.05) is 12.1 Å². The average Bonchev–Trinajstić information content (AvgIpc) is 2.17. The highest BCUT2D eigenvalue weighted by molar-refractivity contribution is 7.74. The zero-order valence-corrected chi connectivity index (χ0v) is 8.19. The number of carbonyl (C=O) groups is 1. The van der Waals surface area contributed by atoms with Gasteiger partial charge < -0.3 is 4.55 Å². The highest BCUT2D eigenvalue weighted by atomic mass is 32.2. The monoisotopic (exact) mass is 214 g/mol. The molecular weight excluding hydrogens is 206 g/mol. The van der Waals surface area contributed by atoms with Gasteiger partial charge in [-0.3, -0.25) is 4.79 Å². The third-order valence-corrected chi connectivity index (χ3v) is 1.91. The van der Waals surface area contributed by atoms with E-state index in [9.17, 15) is 13.6 Å².